The summed E-state index contributed by atoms with van der Waals surface area (Å²) in [4.78, 5) is 20.7. The van der Waals surface area contributed by atoms with Crippen LogP contribution >= 0.6 is 11.3 Å². The molecule has 3 rings (SSSR count). The Bertz CT molecular complexity index is 806. The van der Waals surface area contributed by atoms with Crippen LogP contribution in [-0.4, -0.2) is 19.7 Å². The van der Waals surface area contributed by atoms with Crippen molar-refractivity contribution in [2.45, 2.75) is 20.4 Å². The van der Waals surface area contributed by atoms with E-state index in [1.807, 2.05) is 38.1 Å². The summed E-state index contributed by atoms with van der Waals surface area (Å²) in [7, 11) is 0. The Kier molecular flexibility index (Phi) is 2.87. The van der Waals surface area contributed by atoms with Crippen molar-refractivity contribution in [3.63, 3.8) is 0 Å². The minimum atomic E-state index is -0.0631. The van der Waals surface area contributed by atoms with Crippen LogP contribution in [-0.2, 0) is 6.54 Å². The van der Waals surface area contributed by atoms with E-state index in [-0.39, 0.29) is 4.87 Å². The molecule has 0 saturated carbocycles. The Morgan fingerprint density at radius 1 is 1.16 bits per heavy atom. The van der Waals surface area contributed by atoms with Gasteiger partial charge in [0.2, 0.25) is 0 Å². The second-order valence-corrected chi connectivity index (χ2v) is 5.43. The standard InChI is InChI=1S/C13H12N4OS/c1-8-12(7-17-13(18)19-9(2)16-17)15-11-6-4-3-5-10(11)14-8/h3-6H,7H2,1-2H3. The van der Waals surface area contributed by atoms with E-state index >= 15 is 0 Å². The zero-order valence-corrected chi connectivity index (χ0v) is 11.4. The molecule has 2 heterocycles. The quantitative estimate of drug-likeness (QED) is 0.715. The third-order valence-electron chi connectivity index (χ3n) is 2.85. The van der Waals surface area contributed by atoms with Crippen LogP contribution in [0, 0.1) is 13.8 Å². The monoisotopic (exact) mass is 272 g/mol. The van der Waals surface area contributed by atoms with Gasteiger partial charge in [-0.1, -0.05) is 23.5 Å². The van der Waals surface area contributed by atoms with Crippen molar-refractivity contribution in [3.05, 3.63) is 50.3 Å². The lowest BCUT2D eigenvalue weighted by Crippen LogP contribution is -2.17. The number of fused-ring (bicyclic) bond motifs is 1. The Hall–Kier alpha value is -2.08. The summed E-state index contributed by atoms with van der Waals surface area (Å²) in [5.74, 6) is 0. The van der Waals surface area contributed by atoms with Gasteiger partial charge in [-0.25, -0.2) is 14.6 Å². The third-order valence-corrected chi connectivity index (χ3v) is 3.61. The smallest absolute Gasteiger partial charge is 0.255 e. The topological polar surface area (TPSA) is 60.7 Å². The van der Waals surface area contributed by atoms with Gasteiger partial charge in [-0.15, -0.1) is 0 Å². The molecule has 1 aromatic carbocycles. The number of hydrogen-bond acceptors (Lipinski definition) is 5. The van der Waals surface area contributed by atoms with Crippen molar-refractivity contribution in [2.75, 3.05) is 0 Å². The normalized spacial score (nSPS) is 11.1. The maximum absolute atomic E-state index is 11.7. The average molecular weight is 272 g/mol. The summed E-state index contributed by atoms with van der Waals surface area (Å²) in [6.45, 7) is 4.09. The molecule has 0 saturated heterocycles. The second kappa shape index (κ2) is 4.55. The van der Waals surface area contributed by atoms with E-state index < -0.39 is 0 Å². The molecule has 0 spiro atoms. The van der Waals surface area contributed by atoms with Crippen LogP contribution in [0.3, 0.4) is 0 Å². The predicted molar refractivity (Wildman–Crippen MR) is 74.5 cm³/mol. The van der Waals surface area contributed by atoms with Crippen molar-refractivity contribution in [3.8, 4) is 0 Å². The maximum atomic E-state index is 11.7. The molecular formula is C13H12N4OS. The third kappa shape index (κ3) is 2.26. The number of aromatic nitrogens is 4. The minimum Gasteiger partial charge on any atom is -0.255 e. The van der Waals surface area contributed by atoms with Crippen molar-refractivity contribution in [2.24, 2.45) is 0 Å². The SMILES string of the molecule is Cc1nn(Cc2nc3ccccc3nc2C)c(=O)s1. The largest absolute Gasteiger partial charge is 0.325 e. The van der Waals surface area contributed by atoms with E-state index in [1.165, 1.54) is 4.68 Å². The Labute approximate surface area is 113 Å². The fourth-order valence-electron chi connectivity index (χ4n) is 1.93. The van der Waals surface area contributed by atoms with E-state index in [9.17, 15) is 4.79 Å². The molecule has 5 nitrogen and oxygen atoms in total. The lowest BCUT2D eigenvalue weighted by Gasteiger charge is -2.05. The van der Waals surface area contributed by atoms with E-state index in [1.54, 1.807) is 0 Å². The van der Waals surface area contributed by atoms with Crippen molar-refractivity contribution < 1.29 is 0 Å². The van der Waals surface area contributed by atoms with Crippen LogP contribution in [0.4, 0.5) is 0 Å². The highest BCUT2D eigenvalue weighted by Crippen LogP contribution is 2.12. The first-order chi connectivity index (χ1) is 9.13. The van der Waals surface area contributed by atoms with Gasteiger partial charge in [0, 0.05) is 0 Å². The van der Waals surface area contributed by atoms with Gasteiger partial charge in [-0.2, -0.15) is 5.10 Å². The highest BCUT2D eigenvalue weighted by atomic mass is 32.1. The van der Waals surface area contributed by atoms with Crippen molar-refractivity contribution >= 4 is 22.4 Å². The van der Waals surface area contributed by atoms with Gasteiger partial charge in [0.15, 0.2) is 0 Å². The van der Waals surface area contributed by atoms with Crippen LogP contribution in [0.5, 0.6) is 0 Å². The number of nitrogens with zero attached hydrogens (tertiary/aromatic N) is 4. The molecule has 0 fully saturated rings. The number of hydrogen-bond donors (Lipinski definition) is 0. The Morgan fingerprint density at radius 3 is 2.47 bits per heavy atom. The molecule has 0 N–H and O–H groups in total. The molecule has 0 bridgehead atoms. The molecule has 3 aromatic rings. The number of para-hydroxylation sites is 2. The maximum Gasteiger partial charge on any atom is 0.325 e. The predicted octanol–water partition coefficient (Wildman–Crippen LogP) is 1.91. The highest BCUT2D eigenvalue weighted by Gasteiger charge is 2.09. The molecule has 19 heavy (non-hydrogen) atoms. The first-order valence-electron chi connectivity index (χ1n) is 5.90. The minimum absolute atomic E-state index is 0.0631. The first kappa shape index (κ1) is 12.0. The van der Waals surface area contributed by atoms with Crippen LogP contribution in [0.1, 0.15) is 16.4 Å². The Morgan fingerprint density at radius 2 is 1.84 bits per heavy atom. The number of rotatable bonds is 2. The van der Waals surface area contributed by atoms with Crippen LogP contribution in [0.2, 0.25) is 0 Å². The van der Waals surface area contributed by atoms with Gasteiger partial charge in [-0.05, 0) is 26.0 Å². The van der Waals surface area contributed by atoms with E-state index in [4.69, 9.17) is 0 Å². The summed E-state index contributed by atoms with van der Waals surface area (Å²) in [6.07, 6.45) is 0. The first-order valence-corrected chi connectivity index (χ1v) is 6.72. The van der Waals surface area contributed by atoms with E-state index in [0.717, 1.165) is 38.8 Å². The fourth-order valence-corrected chi connectivity index (χ4v) is 2.53. The molecule has 0 aliphatic rings. The van der Waals surface area contributed by atoms with E-state index in [0.29, 0.717) is 6.54 Å². The number of aryl methyl sites for hydroxylation is 2. The fraction of sp³-hybridized carbons (Fsp3) is 0.231. The molecule has 0 unspecified atom stereocenters. The molecule has 2 aromatic heterocycles. The molecule has 0 amide bonds. The van der Waals surface area contributed by atoms with Crippen LogP contribution in [0.15, 0.2) is 29.1 Å². The summed E-state index contributed by atoms with van der Waals surface area (Å²) < 4.78 is 1.44. The zero-order valence-electron chi connectivity index (χ0n) is 10.6. The molecule has 0 radical (unpaired) electrons. The second-order valence-electron chi connectivity index (χ2n) is 4.29. The molecule has 96 valence electrons. The molecule has 0 aliphatic heterocycles. The average Bonchev–Trinajstić information content (AvgIpc) is 2.69. The lowest BCUT2D eigenvalue weighted by atomic mass is 10.2. The van der Waals surface area contributed by atoms with Gasteiger partial charge < -0.3 is 0 Å². The summed E-state index contributed by atoms with van der Waals surface area (Å²) >= 11 is 1.15. The lowest BCUT2D eigenvalue weighted by molar-refractivity contribution is 0.643. The summed E-state index contributed by atoms with van der Waals surface area (Å²) in [5.41, 5.74) is 3.32. The van der Waals surface area contributed by atoms with Gasteiger partial charge in [0.25, 0.3) is 0 Å². The molecular weight excluding hydrogens is 260 g/mol. The van der Waals surface area contributed by atoms with Gasteiger partial charge in [-0.3, -0.25) is 4.79 Å². The van der Waals surface area contributed by atoms with Gasteiger partial charge >= 0.3 is 4.87 Å². The molecule has 6 heteroatoms. The van der Waals surface area contributed by atoms with Crippen molar-refractivity contribution in [1.29, 1.82) is 0 Å². The van der Waals surface area contributed by atoms with Crippen molar-refractivity contribution in [1.82, 2.24) is 19.7 Å². The number of benzene rings is 1. The highest BCUT2D eigenvalue weighted by molar-refractivity contribution is 7.08. The molecule has 0 aliphatic carbocycles. The Balaban J connectivity index is 2.07. The summed E-state index contributed by atoms with van der Waals surface area (Å²) in [6, 6.07) is 7.71. The van der Waals surface area contributed by atoms with Gasteiger partial charge in [0.05, 0.1) is 29.0 Å². The van der Waals surface area contributed by atoms with Gasteiger partial charge in [0.1, 0.15) is 5.01 Å². The van der Waals surface area contributed by atoms with Crippen LogP contribution < -0.4 is 4.87 Å². The van der Waals surface area contributed by atoms with E-state index in [2.05, 4.69) is 15.1 Å². The summed E-state index contributed by atoms with van der Waals surface area (Å²) in [5, 5.41) is 4.94. The molecule has 0 atom stereocenters. The van der Waals surface area contributed by atoms with Crippen LogP contribution in [0.25, 0.3) is 11.0 Å². The zero-order chi connectivity index (χ0) is 13.4.